The molecule has 2 N–H and O–H groups in total. The Morgan fingerprint density at radius 1 is 1.11 bits per heavy atom. The molecule has 0 heterocycles. The molecule has 1 aliphatic rings. The SMILES string of the molecule is NC1\C=C/C=C\C=C/C1. The summed E-state index contributed by atoms with van der Waals surface area (Å²) in [7, 11) is 0. The van der Waals surface area contributed by atoms with Crippen LogP contribution in [0.4, 0.5) is 0 Å². The molecular formula is C8H11N. The first kappa shape index (κ1) is 6.30. The topological polar surface area (TPSA) is 26.0 Å². The van der Waals surface area contributed by atoms with Crippen LogP contribution < -0.4 is 5.73 Å². The van der Waals surface area contributed by atoms with Crippen LogP contribution in [-0.2, 0) is 0 Å². The fourth-order valence-corrected chi connectivity index (χ4v) is 0.728. The molecule has 0 aromatic heterocycles. The van der Waals surface area contributed by atoms with E-state index in [1.54, 1.807) is 0 Å². The molecular weight excluding hydrogens is 110 g/mol. The van der Waals surface area contributed by atoms with Crippen molar-refractivity contribution in [3.8, 4) is 0 Å². The zero-order chi connectivity index (χ0) is 6.53. The van der Waals surface area contributed by atoms with Crippen molar-refractivity contribution in [3.05, 3.63) is 36.5 Å². The minimum absolute atomic E-state index is 0.200. The van der Waals surface area contributed by atoms with Crippen LogP contribution in [0, 0.1) is 0 Å². The maximum absolute atomic E-state index is 5.63. The van der Waals surface area contributed by atoms with Gasteiger partial charge in [0.15, 0.2) is 0 Å². The van der Waals surface area contributed by atoms with Gasteiger partial charge in [0.1, 0.15) is 0 Å². The van der Waals surface area contributed by atoms with E-state index in [0.717, 1.165) is 6.42 Å². The first-order valence-corrected chi connectivity index (χ1v) is 3.15. The van der Waals surface area contributed by atoms with Crippen LogP contribution in [0.3, 0.4) is 0 Å². The summed E-state index contributed by atoms with van der Waals surface area (Å²) in [5, 5.41) is 0. The van der Waals surface area contributed by atoms with Crippen molar-refractivity contribution in [1.82, 2.24) is 0 Å². The summed E-state index contributed by atoms with van der Waals surface area (Å²) < 4.78 is 0. The van der Waals surface area contributed by atoms with Gasteiger partial charge in [-0.05, 0) is 6.42 Å². The van der Waals surface area contributed by atoms with E-state index in [4.69, 9.17) is 5.73 Å². The van der Waals surface area contributed by atoms with E-state index in [1.807, 2.05) is 30.4 Å². The molecule has 0 saturated carbocycles. The molecule has 0 fully saturated rings. The van der Waals surface area contributed by atoms with Gasteiger partial charge in [-0.3, -0.25) is 0 Å². The smallest absolute Gasteiger partial charge is 0.0261 e. The number of allylic oxidation sites excluding steroid dienone is 4. The molecule has 0 aliphatic heterocycles. The molecule has 0 amide bonds. The largest absolute Gasteiger partial charge is 0.324 e. The molecule has 1 unspecified atom stereocenters. The van der Waals surface area contributed by atoms with Crippen LogP contribution in [0.25, 0.3) is 0 Å². The second-order valence-electron chi connectivity index (χ2n) is 2.10. The molecule has 1 heteroatoms. The lowest BCUT2D eigenvalue weighted by molar-refractivity contribution is 0.833. The molecule has 1 aliphatic carbocycles. The fraction of sp³-hybridized carbons (Fsp3) is 0.250. The van der Waals surface area contributed by atoms with Crippen molar-refractivity contribution in [1.29, 1.82) is 0 Å². The standard InChI is InChI=1S/C8H11N/c9-8-6-4-2-1-3-5-7-8/h1-6,8H,7,9H2/b2-1-,5-3-,6-4-. The molecule has 0 spiro atoms. The van der Waals surface area contributed by atoms with Gasteiger partial charge >= 0.3 is 0 Å². The Morgan fingerprint density at radius 2 is 1.89 bits per heavy atom. The van der Waals surface area contributed by atoms with E-state index < -0.39 is 0 Å². The highest BCUT2D eigenvalue weighted by Gasteiger charge is 1.91. The Kier molecular flexibility index (Phi) is 2.28. The molecule has 0 aromatic rings. The van der Waals surface area contributed by atoms with Crippen LogP contribution >= 0.6 is 0 Å². The lowest BCUT2D eigenvalue weighted by atomic mass is 10.1. The Bertz CT molecular complexity index is 154. The van der Waals surface area contributed by atoms with Gasteiger partial charge in [0.25, 0.3) is 0 Å². The Morgan fingerprint density at radius 3 is 2.78 bits per heavy atom. The summed E-state index contributed by atoms with van der Waals surface area (Å²) in [5.74, 6) is 0. The Balaban J connectivity index is 2.59. The van der Waals surface area contributed by atoms with Crippen molar-refractivity contribution in [2.75, 3.05) is 0 Å². The van der Waals surface area contributed by atoms with Crippen molar-refractivity contribution in [3.63, 3.8) is 0 Å². The van der Waals surface area contributed by atoms with Crippen LogP contribution in [0.15, 0.2) is 36.5 Å². The van der Waals surface area contributed by atoms with E-state index in [2.05, 4.69) is 6.08 Å². The highest BCUT2D eigenvalue weighted by Crippen LogP contribution is 1.96. The molecule has 1 rings (SSSR count). The minimum Gasteiger partial charge on any atom is -0.324 e. The third-order valence-corrected chi connectivity index (χ3v) is 1.24. The molecule has 1 nitrogen and oxygen atoms in total. The van der Waals surface area contributed by atoms with Gasteiger partial charge in [0.2, 0.25) is 0 Å². The molecule has 1 atom stereocenters. The fourth-order valence-electron chi connectivity index (χ4n) is 0.728. The van der Waals surface area contributed by atoms with E-state index in [9.17, 15) is 0 Å². The first-order chi connectivity index (χ1) is 4.39. The second-order valence-corrected chi connectivity index (χ2v) is 2.10. The summed E-state index contributed by atoms with van der Waals surface area (Å²) in [6, 6.07) is 0.200. The molecule has 0 saturated heterocycles. The molecule has 0 aromatic carbocycles. The van der Waals surface area contributed by atoms with Crippen LogP contribution in [0.1, 0.15) is 6.42 Å². The monoisotopic (exact) mass is 121 g/mol. The van der Waals surface area contributed by atoms with Gasteiger partial charge < -0.3 is 5.73 Å². The number of rotatable bonds is 0. The zero-order valence-electron chi connectivity index (χ0n) is 5.33. The van der Waals surface area contributed by atoms with Crippen LogP contribution in [0.5, 0.6) is 0 Å². The average molecular weight is 121 g/mol. The molecule has 9 heavy (non-hydrogen) atoms. The maximum Gasteiger partial charge on any atom is 0.0261 e. The highest BCUT2D eigenvalue weighted by atomic mass is 14.6. The van der Waals surface area contributed by atoms with Crippen LogP contribution in [-0.4, -0.2) is 6.04 Å². The summed E-state index contributed by atoms with van der Waals surface area (Å²) in [5.41, 5.74) is 5.63. The first-order valence-electron chi connectivity index (χ1n) is 3.15. The van der Waals surface area contributed by atoms with Crippen LogP contribution in [0.2, 0.25) is 0 Å². The van der Waals surface area contributed by atoms with Gasteiger partial charge in [0.05, 0.1) is 0 Å². The van der Waals surface area contributed by atoms with Gasteiger partial charge in [0, 0.05) is 6.04 Å². The van der Waals surface area contributed by atoms with Gasteiger partial charge in [-0.25, -0.2) is 0 Å². The summed E-state index contributed by atoms with van der Waals surface area (Å²) in [6.45, 7) is 0. The average Bonchev–Trinajstić information content (AvgIpc) is 1.79. The quantitative estimate of drug-likeness (QED) is 0.515. The zero-order valence-corrected chi connectivity index (χ0v) is 5.33. The normalized spacial score (nSPS) is 36.3. The van der Waals surface area contributed by atoms with Gasteiger partial charge in [-0.2, -0.15) is 0 Å². The highest BCUT2D eigenvalue weighted by molar-refractivity contribution is 5.16. The summed E-state index contributed by atoms with van der Waals surface area (Å²) in [6.07, 6.45) is 13.0. The lowest BCUT2D eigenvalue weighted by Gasteiger charge is -2.00. The van der Waals surface area contributed by atoms with Crippen molar-refractivity contribution < 1.29 is 0 Å². The van der Waals surface area contributed by atoms with Crippen molar-refractivity contribution >= 4 is 0 Å². The summed E-state index contributed by atoms with van der Waals surface area (Å²) in [4.78, 5) is 0. The van der Waals surface area contributed by atoms with E-state index in [0.29, 0.717) is 0 Å². The molecule has 48 valence electrons. The Hall–Kier alpha value is -0.820. The number of nitrogens with two attached hydrogens (primary N) is 1. The molecule has 0 radical (unpaired) electrons. The number of hydrogen-bond acceptors (Lipinski definition) is 1. The maximum atomic E-state index is 5.63. The predicted octanol–water partition coefficient (Wildman–Crippen LogP) is 1.39. The minimum atomic E-state index is 0.200. The van der Waals surface area contributed by atoms with Crippen molar-refractivity contribution in [2.24, 2.45) is 5.73 Å². The second kappa shape index (κ2) is 3.25. The number of hydrogen-bond donors (Lipinski definition) is 1. The Labute approximate surface area is 55.6 Å². The predicted molar refractivity (Wildman–Crippen MR) is 40.0 cm³/mol. The summed E-state index contributed by atoms with van der Waals surface area (Å²) >= 11 is 0. The lowest BCUT2D eigenvalue weighted by Crippen LogP contribution is -2.15. The van der Waals surface area contributed by atoms with Gasteiger partial charge in [-0.15, -0.1) is 0 Å². The van der Waals surface area contributed by atoms with E-state index >= 15 is 0 Å². The third-order valence-electron chi connectivity index (χ3n) is 1.24. The van der Waals surface area contributed by atoms with E-state index in [1.165, 1.54) is 0 Å². The molecule has 0 bridgehead atoms. The van der Waals surface area contributed by atoms with Crippen molar-refractivity contribution in [2.45, 2.75) is 12.5 Å². The van der Waals surface area contributed by atoms with Gasteiger partial charge in [-0.1, -0.05) is 36.5 Å². The van der Waals surface area contributed by atoms with E-state index in [-0.39, 0.29) is 6.04 Å². The third kappa shape index (κ3) is 2.29.